The number of carbonyl (C=O) groups excluding carboxylic acids is 2. The van der Waals surface area contributed by atoms with E-state index in [4.69, 9.17) is 4.98 Å². The van der Waals surface area contributed by atoms with Crippen molar-refractivity contribution in [1.29, 1.82) is 0 Å². The molecule has 7 nitrogen and oxygen atoms in total. The van der Waals surface area contributed by atoms with Crippen LogP contribution in [0.1, 0.15) is 41.5 Å². The maximum absolute atomic E-state index is 13.5. The van der Waals surface area contributed by atoms with Crippen LogP contribution in [0.3, 0.4) is 0 Å². The monoisotopic (exact) mass is 469 g/mol. The molecule has 0 spiro atoms. The van der Waals surface area contributed by atoms with E-state index >= 15 is 0 Å². The molecule has 1 aliphatic heterocycles. The predicted molar refractivity (Wildman–Crippen MR) is 130 cm³/mol. The van der Waals surface area contributed by atoms with Crippen molar-refractivity contribution in [2.24, 2.45) is 11.3 Å². The van der Waals surface area contributed by atoms with Crippen molar-refractivity contribution in [3.8, 4) is 0 Å². The average molecular weight is 470 g/mol. The summed E-state index contributed by atoms with van der Waals surface area (Å²) in [4.78, 5) is 41.4. The summed E-state index contributed by atoms with van der Waals surface area (Å²) < 4.78 is 13.2. The standard InChI is InChI=1S/C27H24FN5O2/c1-16-8-13-20(32-23(16)24(34)31-18-11-9-17(28)10-12-18)19-6-4-7-21-22(19)27(2,3)25(35)33(21)26-29-14-5-15-30-26/h4-15,19,22H,1-3H3,(H,31,34). The number of nitrogens with zero attached hydrogens (tertiary/aromatic N) is 4. The van der Waals surface area contributed by atoms with E-state index in [2.05, 4.69) is 15.3 Å². The third-order valence-electron chi connectivity index (χ3n) is 6.58. The Morgan fingerprint density at radius 2 is 1.80 bits per heavy atom. The van der Waals surface area contributed by atoms with Gasteiger partial charge in [-0.1, -0.05) is 32.1 Å². The third-order valence-corrected chi connectivity index (χ3v) is 6.58. The number of rotatable bonds is 4. The van der Waals surface area contributed by atoms with Gasteiger partial charge in [0.2, 0.25) is 11.9 Å². The van der Waals surface area contributed by atoms with Crippen LogP contribution in [0.25, 0.3) is 0 Å². The van der Waals surface area contributed by atoms with Crippen molar-refractivity contribution >= 4 is 23.5 Å². The maximum atomic E-state index is 13.5. The fourth-order valence-electron chi connectivity index (χ4n) is 4.81. The van der Waals surface area contributed by atoms with Crippen LogP contribution in [0.2, 0.25) is 0 Å². The van der Waals surface area contributed by atoms with Gasteiger partial charge in [-0.05, 0) is 55.0 Å². The van der Waals surface area contributed by atoms with Gasteiger partial charge in [0.05, 0.1) is 5.41 Å². The zero-order valence-corrected chi connectivity index (χ0v) is 19.6. The molecule has 2 aromatic heterocycles. The molecule has 35 heavy (non-hydrogen) atoms. The second kappa shape index (κ2) is 8.54. The van der Waals surface area contributed by atoms with Gasteiger partial charge >= 0.3 is 0 Å². The Morgan fingerprint density at radius 1 is 1.09 bits per heavy atom. The molecule has 2 atom stereocenters. The molecule has 1 aromatic carbocycles. The van der Waals surface area contributed by atoms with E-state index in [0.29, 0.717) is 22.9 Å². The van der Waals surface area contributed by atoms with E-state index in [-0.39, 0.29) is 35.2 Å². The molecular formula is C27H24FN5O2. The van der Waals surface area contributed by atoms with E-state index in [1.54, 1.807) is 23.4 Å². The first-order chi connectivity index (χ1) is 16.8. The molecule has 2 amide bonds. The van der Waals surface area contributed by atoms with Crippen LogP contribution in [0, 0.1) is 24.1 Å². The number of halogens is 1. The first-order valence-corrected chi connectivity index (χ1v) is 11.3. The fourth-order valence-corrected chi connectivity index (χ4v) is 4.81. The molecule has 8 heteroatoms. The predicted octanol–water partition coefficient (Wildman–Crippen LogP) is 4.80. The van der Waals surface area contributed by atoms with Crippen LogP contribution in [-0.2, 0) is 4.79 Å². The lowest BCUT2D eigenvalue weighted by atomic mass is 9.70. The number of carbonyl (C=O) groups is 2. The fraction of sp³-hybridized carbons (Fsp3) is 0.222. The molecule has 5 rings (SSSR count). The van der Waals surface area contributed by atoms with E-state index in [1.807, 2.05) is 51.1 Å². The summed E-state index contributed by atoms with van der Waals surface area (Å²) in [5.74, 6) is -0.962. The first kappa shape index (κ1) is 22.6. The number of benzene rings is 1. The summed E-state index contributed by atoms with van der Waals surface area (Å²) in [5, 5.41) is 2.78. The van der Waals surface area contributed by atoms with Gasteiger partial charge < -0.3 is 5.32 Å². The molecule has 176 valence electrons. The van der Waals surface area contributed by atoms with Crippen LogP contribution in [0.15, 0.2) is 78.8 Å². The molecule has 1 aliphatic carbocycles. The van der Waals surface area contributed by atoms with Gasteiger partial charge in [-0.2, -0.15) is 0 Å². The van der Waals surface area contributed by atoms with E-state index < -0.39 is 5.41 Å². The van der Waals surface area contributed by atoms with Crippen molar-refractivity contribution in [3.63, 3.8) is 0 Å². The molecule has 3 aromatic rings. The Kier molecular flexibility index (Phi) is 5.51. The summed E-state index contributed by atoms with van der Waals surface area (Å²) in [6.45, 7) is 5.65. The van der Waals surface area contributed by atoms with Crippen LogP contribution in [0.5, 0.6) is 0 Å². The minimum absolute atomic E-state index is 0.0879. The van der Waals surface area contributed by atoms with Crippen molar-refractivity contribution in [1.82, 2.24) is 15.0 Å². The highest BCUT2D eigenvalue weighted by molar-refractivity contribution is 6.04. The molecular weight excluding hydrogens is 445 g/mol. The van der Waals surface area contributed by atoms with Gasteiger partial charge in [0, 0.05) is 41.3 Å². The lowest BCUT2D eigenvalue weighted by Gasteiger charge is -2.32. The van der Waals surface area contributed by atoms with Gasteiger partial charge in [-0.3, -0.25) is 14.5 Å². The zero-order valence-electron chi connectivity index (χ0n) is 19.6. The highest BCUT2D eigenvalue weighted by Gasteiger charge is 2.55. The highest BCUT2D eigenvalue weighted by Crippen LogP contribution is 2.53. The maximum Gasteiger partial charge on any atom is 0.274 e. The van der Waals surface area contributed by atoms with E-state index in [0.717, 1.165) is 5.70 Å². The Balaban J connectivity index is 1.49. The number of hydrogen-bond acceptors (Lipinski definition) is 5. The second-order valence-corrected chi connectivity index (χ2v) is 9.25. The van der Waals surface area contributed by atoms with Crippen molar-refractivity contribution in [2.45, 2.75) is 26.7 Å². The Hall–Kier alpha value is -4.20. The SMILES string of the molecule is Cc1ccc(C2C=CC=C3C2C(C)(C)C(=O)N3c2ncccn2)nc1C(=O)Nc1ccc(F)cc1. The molecule has 1 N–H and O–H groups in total. The Morgan fingerprint density at radius 3 is 2.51 bits per heavy atom. The van der Waals surface area contributed by atoms with Crippen molar-refractivity contribution in [2.75, 3.05) is 10.2 Å². The van der Waals surface area contributed by atoms with Gasteiger partial charge in [-0.15, -0.1) is 0 Å². The van der Waals surface area contributed by atoms with Gasteiger partial charge in [0.15, 0.2) is 0 Å². The van der Waals surface area contributed by atoms with Gasteiger partial charge in [0.1, 0.15) is 11.5 Å². The smallest absolute Gasteiger partial charge is 0.274 e. The van der Waals surface area contributed by atoms with Gasteiger partial charge in [-0.25, -0.2) is 19.3 Å². The van der Waals surface area contributed by atoms with Crippen LogP contribution in [0.4, 0.5) is 16.0 Å². The Bertz CT molecular complexity index is 1370. The number of allylic oxidation sites excluding steroid dienone is 4. The van der Waals surface area contributed by atoms with Crippen molar-refractivity contribution in [3.05, 3.63) is 102 Å². The van der Waals surface area contributed by atoms with E-state index in [9.17, 15) is 14.0 Å². The number of nitrogens with one attached hydrogen (secondary N) is 1. The number of aryl methyl sites for hydroxylation is 1. The molecule has 2 unspecified atom stereocenters. The average Bonchev–Trinajstić information content (AvgIpc) is 3.06. The number of anilines is 2. The number of aromatic nitrogens is 3. The lowest BCUT2D eigenvalue weighted by Crippen LogP contribution is -2.33. The summed E-state index contributed by atoms with van der Waals surface area (Å²) in [7, 11) is 0. The molecule has 1 fully saturated rings. The molecule has 1 saturated heterocycles. The molecule has 3 heterocycles. The third kappa shape index (κ3) is 3.90. The number of amides is 2. The summed E-state index contributed by atoms with van der Waals surface area (Å²) in [5.41, 5.74) is 2.21. The minimum atomic E-state index is -0.746. The largest absolute Gasteiger partial charge is 0.321 e. The number of fused-ring (bicyclic) bond motifs is 1. The molecule has 0 saturated carbocycles. The zero-order chi connectivity index (χ0) is 24.7. The summed E-state index contributed by atoms with van der Waals surface area (Å²) in [6.07, 6.45) is 9.06. The van der Waals surface area contributed by atoms with E-state index in [1.165, 1.54) is 24.3 Å². The quantitative estimate of drug-likeness (QED) is 0.593. The first-order valence-electron chi connectivity index (χ1n) is 11.3. The summed E-state index contributed by atoms with van der Waals surface area (Å²) in [6, 6.07) is 11.0. The van der Waals surface area contributed by atoms with Crippen molar-refractivity contribution < 1.29 is 14.0 Å². The number of pyridine rings is 1. The second-order valence-electron chi connectivity index (χ2n) is 9.25. The topological polar surface area (TPSA) is 88.1 Å². The number of hydrogen-bond donors (Lipinski definition) is 1. The van der Waals surface area contributed by atoms with Crippen LogP contribution < -0.4 is 10.2 Å². The minimum Gasteiger partial charge on any atom is -0.321 e. The Labute approximate surface area is 202 Å². The van der Waals surface area contributed by atoms with Crippen LogP contribution in [-0.4, -0.2) is 26.8 Å². The molecule has 0 radical (unpaired) electrons. The molecule has 0 bridgehead atoms. The normalized spacial score (nSPS) is 20.4. The van der Waals surface area contributed by atoms with Crippen LogP contribution >= 0.6 is 0 Å². The summed E-state index contributed by atoms with van der Waals surface area (Å²) >= 11 is 0. The highest BCUT2D eigenvalue weighted by atomic mass is 19.1. The molecule has 2 aliphatic rings. The van der Waals surface area contributed by atoms with Gasteiger partial charge in [0.25, 0.3) is 5.91 Å². The lowest BCUT2D eigenvalue weighted by molar-refractivity contribution is -0.125.